The van der Waals surface area contributed by atoms with Gasteiger partial charge in [0.05, 0.1) is 22.2 Å². The highest BCUT2D eigenvalue weighted by molar-refractivity contribution is 7.09. The monoisotopic (exact) mass is 462 g/mol. The second-order valence-electron chi connectivity index (χ2n) is 9.73. The van der Waals surface area contributed by atoms with E-state index in [1.54, 1.807) is 16.4 Å². The molecule has 4 atom stereocenters. The predicted octanol–water partition coefficient (Wildman–Crippen LogP) is 1.01. The molecule has 174 valence electrons. The van der Waals surface area contributed by atoms with E-state index in [1.807, 2.05) is 27.0 Å². The van der Waals surface area contributed by atoms with Crippen LogP contribution in [-0.2, 0) is 9.59 Å². The zero-order valence-electron chi connectivity index (χ0n) is 18.5. The fraction of sp³-hybridized carbons (Fsp3) is 0.667. The number of thiazole rings is 1. The topological polar surface area (TPSA) is 133 Å². The Morgan fingerprint density at radius 2 is 2.09 bits per heavy atom. The Hall–Kier alpha value is -2.37. The number of likely N-dealkylation sites (tertiary alicyclic amines) is 1. The minimum absolute atomic E-state index is 0.00613. The third-order valence-corrected chi connectivity index (χ3v) is 6.83. The molecule has 0 aromatic carbocycles. The number of aliphatic hydroxyl groups is 2. The third-order valence-electron chi connectivity index (χ3n) is 5.96. The van der Waals surface area contributed by atoms with E-state index in [0.717, 1.165) is 18.5 Å². The van der Waals surface area contributed by atoms with E-state index in [2.05, 4.69) is 20.6 Å². The summed E-state index contributed by atoms with van der Waals surface area (Å²) in [7, 11) is 0. The highest BCUT2D eigenvalue weighted by atomic mass is 32.1. The average Bonchev–Trinajstić information content (AvgIpc) is 3.11. The molecule has 0 radical (unpaired) electrons. The molecule has 1 unspecified atom stereocenters. The van der Waals surface area contributed by atoms with Gasteiger partial charge in [-0.05, 0) is 18.3 Å². The van der Waals surface area contributed by atoms with Crippen molar-refractivity contribution in [2.24, 2.45) is 5.41 Å². The number of nitrogens with one attached hydrogen (secondary N) is 1. The number of rotatable bonds is 7. The lowest BCUT2D eigenvalue weighted by atomic mass is 9.85. The molecule has 1 aliphatic carbocycles. The Bertz CT molecular complexity index is 952. The van der Waals surface area contributed by atoms with Crippen LogP contribution in [0.25, 0.3) is 0 Å². The zero-order chi connectivity index (χ0) is 23.0. The van der Waals surface area contributed by atoms with Gasteiger partial charge in [0.1, 0.15) is 18.2 Å². The minimum atomic E-state index is -0.875. The molecule has 11 heteroatoms. The number of β-amino-alcohol motifs (C(OH)–C–C–N with tert-alkyl or cyclic N) is 1. The highest BCUT2D eigenvalue weighted by Crippen LogP contribution is 2.40. The standard InChI is InChI=1S/C21H30N6O4S/c1-21(2,3)18(27-10-14(24-25-27)12-4-5-12)20(31)26-9-13(28)6-15(26)19(30)23-7-16(29)17-8-22-11-32-17/h8,10-13,15-16,18,28-29H,4-7,9H2,1-3H3,(H,23,30)/t13-,15+,16?,18-/m1/s1. The van der Waals surface area contributed by atoms with E-state index in [4.69, 9.17) is 0 Å². The summed E-state index contributed by atoms with van der Waals surface area (Å²) < 4.78 is 1.60. The third kappa shape index (κ3) is 4.84. The molecule has 2 aromatic rings. The van der Waals surface area contributed by atoms with Gasteiger partial charge in [-0.1, -0.05) is 26.0 Å². The zero-order valence-corrected chi connectivity index (χ0v) is 19.3. The summed E-state index contributed by atoms with van der Waals surface area (Å²) in [4.78, 5) is 32.6. The summed E-state index contributed by atoms with van der Waals surface area (Å²) in [5.41, 5.74) is 2.02. The van der Waals surface area contributed by atoms with Gasteiger partial charge in [0.25, 0.3) is 0 Å². The Labute approximate surface area is 190 Å². The summed E-state index contributed by atoms with van der Waals surface area (Å²) >= 11 is 1.30. The molecule has 2 amide bonds. The largest absolute Gasteiger partial charge is 0.391 e. The summed E-state index contributed by atoms with van der Waals surface area (Å²) in [6.45, 7) is 5.92. The van der Waals surface area contributed by atoms with Crippen LogP contribution in [-0.4, -0.2) is 72.1 Å². The average molecular weight is 463 g/mol. The smallest absolute Gasteiger partial charge is 0.248 e. The molecule has 3 heterocycles. The predicted molar refractivity (Wildman–Crippen MR) is 117 cm³/mol. The van der Waals surface area contributed by atoms with Gasteiger partial charge >= 0.3 is 0 Å². The maximum Gasteiger partial charge on any atom is 0.248 e. The van der Waals surface area contributed by atoms with E-state index >= 15 is 0 Å². The van der Waals surface area contributed by atoms with Gasteiger partial charge in [0.15, 0.2) is 0 Å². The van der Waals surface area contributed by atoms with Crippen molar-refractivity contribution < 1.29 is 19.8 Å². The number of hydrogen-bond donors (Lipinski definition) is 3. The van der Waals surface area contributed by atoms with E-state index in [1.165, 1.54) is 16.2 Å². The first-order valence-corrected chi connectivity index (χ1v) is 11.8. The number of hydrogen-bond acceptors (Lipinski definition) is 8. The van der Waals surface area contributed by atoms with Gasteiger partial charge in [0, 0.05) is 37.8 Å². The first kappa shape index (κ1) is 22.8. The van der Waals surface area contributed by atoms with Crippen LogP contribution in [0.1, 0.15) is 68.7 Å². The van der Waals surface area contributed by atoms with Crippen molar-refractivity contribution in [2.45, 2.75) is 70.2 Å². The van der Waals surface area contributed by atoms with E-state index in [9.17, 15) is 19.8 Å². The molecule has 3 N–H and O–H groups in total. The lowest BCUT2D eigenvalue weighted by molar-refractivity contribution is -0.144. The molecule has 2 aliphatic rings. The molecule has 10 nitrogen and oxygen atoms in total. The van der Waals surface area contributed by atoms with Gasteiger partial charge in [-0.2, -0.15) is 0 Å². The second kappa shape index (κ2) is 8.87. The number of aromatic nitrogens is 4. The molecular formula is C21H30N6O4S. The number of aliphatic hydroxyl groups excluding tert-OH is 2. The van der Waals surface area contributed by atoms with E-state index in [-0.39, 0.29) is 25.4 Å². The molecule has 1 saturated carbocycles. The van der Waals surface area contributed by atoms with Gasteiger partial charge in [-0.3, -0.25) is 14.6 Å². The molecule has 32 heavy (non-hydrogen) atoms. The maximum atomic E-state index is 13.7. The first-order valence-electron chi connectivity index (χ1n) is 10.9. The van der Waals surface area contributed by atoms with E-state index < -0.39 is 35.6 Å². The molecule has 4 rings (SSSR count). The molecule has 1 saturated heterocycles. The summed E-state index contributed by atoms with van der Waals surface area (Å²) in [5.74, 6) is -0.260. The lowest BCUT2D eigenvalue weighted by Crippen LogP contribution is -2.50. The van der Waals surface area contributed by atoms with Crippen LogP contribution in [0.2, 0.25) is 0 Å². The SMILES string of the molecule is CC(C)(C)[C@@H](C(=O)N1C[C@H](O)C[C@H]1C(=O)NCC(O)c1cncs1)n1cc(C2CC2)nn1. The first-order chi connectivity index (χ1) is 15.1. The van der Waals surface area contributed by atoms with Gasteiger partial charge in [0.2, 0.25) is 11.8 Å². The van der Waals surface area contributed by atoms with Crippen LogP contribution in [0.5, 0.6) is 0 Å². The molecular weight excluding hydrogens is 432 g/mol. The van der Waals surface area contributed by atoms with Crippen LogP contribution in [0.3, 0.4) is 0 Å². The molecule has 0 bridgehead atoms. The van der Waals surface area contributed by atoms with E-state index in [0.29, 0.717) is 10.8 Å². The highest BCUT2D eigenvalue weighted by Gasteiger charge is 2.45. The number of carbonyl (C=O) groups is 2. The number of amides is 2. The van der Waals surface area contributed by atoms with Gasteiger partial charge in [-0.25, -0.2) is 4.68 Å². The maximum absolute atomic E-state index is 13.7. The van der Waals surface area contributed by atoms with Crippen molar-refractivity contribution in [1.29, 1.82) is 0 Å². The molecule has 2 aromatic heterocycles. The lowest BCUT2D eigenvalue weighted by Gasteiger charge is -2.34. The van der Waals surface area contributed by atoms with Crippen molar-refractivity contribution >= 4 is 23.2 Å². The second-order valence-corrected chi connectivity index (χ2v) is 10.6. The van der Waals surface area contributed by atoms with Crippen molar-refractivity contribution in [3.05, 3.63) is 28.5 Å². The van der Waals surface area contributed by atoms with Crippen molar-refractivity contribution in [3.8, 4) is 0 Å². The quantitative estimate of drug-likeness (QED) is 0.559. The van der Waals surface area contributed by atoms with Crippen molar-refractivity contribution in [1.82, 2.24) is 30.2 Å². The Kier molecular flexibility index (Phi) is 6.33. The number of nitrogens with zero attached hydrogens (tertiary/aromatic N) is 5. The fourth-order valence-electron chi connectivity index (χ4n) is 4.13. The van der Waals surface area contributed by atoms with Gasteiger partial charge in [-0.15, -0.1) is 16.4 Å². The molecule has 0 spiro atoms. The summed E-state index contributed by atoms with van der Waals surface area (Å²) in [5, 5.41) is 31.7. The molecule has 2 fully saturated rings. The Balaban J connectivity index is 1.49. The number of carbonyl (C=O) groups excluding carboxylic acids is 2. The Morgan fingerprint density at radius 3 is 2.72 bits per heavy atom. The van der Waals surface area contributed by atoms with Crippen LogP contribution in [0.4, 0.5) is 0 Å². The van der Waals surface area contributed by atoms with Crippen LogP contribution >= 0.6 is 11.3 Å². The van der Waals surface area contributed by atoms with Crippen LogP contribution < -0.4 is 5.32 Å². The summed E-state index contributed by atoms with van der Waals surface area (Å²) in [6.07, 6.45) is 4.04. The van der Waals surface area contributed by atoms with Crippen LogP contribution in [0.15, 0.2) is 17.9 Å². The summed E-state index contributed by atoms with van der Waals surface area (Å²) in [6, 6.07) is -1.48. The van der Waals surface area contributed by atoms with Crippen LogP contribution in [0, 0.1) is 5.41 Å². The fourth-order valence-corrected chi connectivity index (χ4v) is 4.74. The minimum Gasteiger partial charge on any atom is -0.391 e. The normalized spacial score (nSPS) is 23.2. The Morgan fingerprint density at radius 1 is 1.34 bits per heavy atom. The molecule has 1 aliphatic heterocycles. The van der Waals surface area contributed by atoms with Crippen molar-refractivity contribution in [3.63, 3.8) is 0 Å². The van der Waals surface area contributed by atoms with Crippen molar-refractivity contribution in [2.75, 3.05) is 13.1 Å². The van der Waals surface area contributed by atoms with Gasteiger partial charge < -0.3 is 20.4 Å².